The molecule has 0 fully saturated rings. The maximum atomic E-state index is 12.6. The summed E-state index contributed by atoms with van der Waals surface area (Å²) in [6, 6.07) is 4.66. The highest BCUT2D eigenvalue weighted by Gasteiger charge is 2.30. The average molecular weight is 304 g/mol. The van der Waals surface area contributed by atoms with Crippen molar-refractivity contribution in [3.05, 3.63) is 23.8 Å². The van der Waals surface area contributed by atoms with Gasteiger partial charge in [0.15, 0.2) is 0 Å². The van der Waals surface area contributed by atoms with Crippen LogP contribution in [0.15, 0.2) is 18.2 Å². The lowest BCUT2D eigenvalue weighted by Gasteiger charge is -2.26. The van der Waals surface area contributed by atoms with E-state index < -0.39 is 12.7 Å². The van der Waals surface area contributed by atoms with Gasteiger partial charge in [-0.15, -0.1) is 0 Å². The summed E-state index contributed by atoms with van der Waals surface area (Å²) in [5.74, 6) is 0.0178. The molecule has 0 heterocycles. The number of benzene rings is 1. The first-order valence-corrected chi connectivity index (χ1v) is 7.16. The number of halogens is 3. The van der Waals surface area contributed by atoms with Crippen LogP contribution in [0.5, 0.6) is 5.75 Å². The van der Waals surface area contributed by atoms with Crippen LogP contribution in [-0.2, 0) is 0 Å². The lowest BCUT2D eigenvalue weighted by atomic mass is 10.1. The van der Waals surface area contributed by atoms with Crippen molar-refractivity contribution in [3.63, 3.8) is 0 Å². The van der Waals surface area contributed by atoms with Crippen LogP contribution >= 0.6 is 0 Å². The molecule has 0 bridgehead atoms. The second-order valence-electron chi connectivity index (χ2n) is 5.06. The fourth-order valence-corrected chi connectivity index (χ4v) is 2.30. The zero-order valence-corrected chi connectivity index (χ0v) is 12.7. The van der Waals surface area contributed by atoms with Crippen molar-refractivity contribution < 1.29 is 18.3 Å². The highest BCUT2D eigenvalue weighted by atomic mass is 19.4. The molecule has 1 aromatic carbocycles. The lowest BCUT2D eigenvalue weighted by Crippen LogP contribution is -2.34. The van der Waals surface area contributed by atoms with E-state index in [4.69, 9.17) is 0 Å². The Kier molecular flexibility index (Phi) is 6.33. The highest BCUT2D eigenvalue weighted by molar-refractivity contribution is 5.54. The third kappa shape index (κ3) is 5.46. The number of nitrogens with one attached hydrogen (secondary N) is 1. The Labute approximate surface area is 123 Å². The molecule has 0 aliphatic carbocycles. The van der Waals surface area contributed by atoms with Gasteiger partial charge in [-0.3, -0.25) is 0 Å². The van der Waals surface area contributed by atoms with Gasteiger partial charge in [0, 0.05) is 29.9 Å². The molecule has 0 aliphatic rings. The fourth-order valence-electron chi connectivity index (χ4n) is 2.30. The first-order valence-electron chi connectivity index (χ1n) is 7.16. The molecule has 1 aromatic rings. The van der Waals surface area contributed by atoms with Gasteiger partial charge in [0.25, 0.3) is 0 Å². The molecule has 6 heteroatoms. The molecule has 120 valence electrons. The third-order valence-corrected chi connectivity index (χ3v) is 3.22. The number of phenols is 1. The second kappa shape index (κ2) is 7.54. The lowest BCUT2D eigenvalue weighted by molar-refractivity contribution is -0.119. The van der Waals surface area contributed by atoms with Gasteiger partial charge >= 0.3 is 6.18 Å². The van der Waals surface area contributed by atoms with E-state index in [0.717, 1.165) is 6.54 Å². The van der Waals surface area contributed by atoms with Gasteiger partial charge in [0.05, 0.1) is 0 Å². The first-order chi connectivity index (χ1) is 9.78. The molecule has 0 spiro atoms. The quantitative estimate of drug-likeness (QED) is 0.803. The number of hydrogen-bond acceptors (Lipinski definition) is 3. The first kappa shape index (κ1) is 17.6. The summed E-state index contributed by atoms with van der Waals surface area (Å²) in [6.07, 6.45) is -3.66. The topological polar surface area (TPSA) is 35.5 Å². The monoisotopic (exact) mass is 304 g/mol. The molecular weight excluding hydrogens is 281 g/mol. The van der Waals surface area contributed by atoms with Gasteiger partial charge < -0.3 is 15.3 Å². The van der Waals surface area contributed by atoms with Crippen molar-refractivity contribution >= 4 is 5.69 Å². The molecule has 0 saturated carbocycles. The van der Waals surface area contributed by atoms with E-state index in [1.165, 1.54) is 11.0 Å². The van der Waals surface area contributed by atoms with Crippen LogP contribution in [0.1, 0.15) is 38.8 Å². The van der Waals surface area contributed by atoms with E-state index in [1.807, 2.05) is 20.8 Å². The van der Waals surface area contributed by atoms with Crippen molar-refractivity contribution in [2.45, 2.75) is 39.4 Å². The molecule has 2 N–H and O–H groups in total. The molecule has 3 nitrogen and oxygen atoms in total. The zero-order valence-electron chi connectivity index (χ0n) is 12.7. The van der Waals surface area contributed by atoms with E-state index >= 15 is 0 Å². The smallest absolute Gasteiger partial charge is 0.405 e. The predicted octanol–water partition coefficient (Wildman–Crippen LogP) is 3.84. The summed E-state index contributed by atoms with van der Waals surface area (Å²) in [5, 5.41) is 13.2. The number of nitrogens with zero attached hydrogens (tertiary/aromatic N) is 1. The van der Waals surface area contributed by atoms with E-state index in [2.05, 4.69) is 5.32 Å². The van der Waals surface area contributed by atoms with E-state index in [1.54, 1.807) is 12.1 Å². The summed E-state index contributed by atoms with van der Waals surface area (Å²) in [4.78, 5) is 1.24. The third-order valence-electron chi connectivity index (χ3n) is 3.22. The molecule has 0 radical (unpaired) electrons. The van der Waals surface area contributed by atoms with Crippen molar-refractivity contribution in [1.29, 1.82) is 0 Å². The predicted molar refractivity (Wildman–Crippen MR) is 78.8 cm³/mol. The molecule has 21 heavy (non-hydrogen) atoms. The minimum Gasteiger partial charge on any atom is -0.508 e. The summed E-state index contributed by atoms with van der Waals surface area (Å²) in [7, 11) is 0. The summed E-state index contributed by atoms with van der Waals surface area (Å²) in [6.45, 7) is 5.71. The standard InChI is InChI=1S/C15H23F3N2O/c1-4-8-20(10-15(16,17)18)12-6-7-13(14(21)9-12)11(3)19-5-2/h6-7,9,11,19,21H,4-5,8,10H2,1-3H3. The summed E-state index contributed by atoms with van der Waals surface area (Å²) < 4.78 is 37.8. The maximum Gasteiger partial charge on any atom is 0.405 e. The minimum absolute atomic E-state index is 0.0178. The van der Waals surface area contributed by atoms with Gasteiger partial charge in [0.2, 0.25) is 0 Å². The Morgan fingerprint density at radius 1 is 1.29 bits per heavy atom. The Bertz CT molecular complexity index is 449. The molecule has 0 amide bonds. The van der Waals surface area contributed by atoms with Crippen LogP contribution in [0.3, 0.4) is 0 Å². The van der Waals surface area contributed by atoms with Crippen LogP contribution in [0.25, 0.3) is 0 Å². The Morgan fingerprint density at radius 2 is 1.95 bits per heavy atom. The van der Waals surface area contributed by atoms with Crippen LogP contribution in [0.4, 0.5) is 18.9 Å². The van der Waals surface area contributed by atoms with Crippen molar-refractivity contribution in [1.82, 2.24) is 5.32 Å². The number of aromatic hydroxyl groups is 1. The molecule has 1 atom stereocenters. The SMILES string of the molecule is CCCN(CC(F)(F)F)c1ccc(C(C)NCC)c(O)c1. The van der Waals surface area contributed by atoms with E-state index in [-0.39, 0.29) is 11.8 Å². The van der Waals surface area contributed by atoms with Gasteiger partial charge in [0.1, 0.15) is 12.3 Å². The fraction of sp³-hybridized carbons (Fsp3) is 0.600. The van der Waals surface area contributed by atoms with Crippen molar-refractivity contribution in [2.75, 3.05) is 24.5 Å². The molecule has 1 rings (SSSR count). The zero-order chi connectivity index (χ0) is 16.0. The van der Waals surface area contributed by atoms with Gasteiger partial charge in [-0.05, 0) is 26.0 Å². The number of phenolic OH excluding ortho intramolecular Hbond substituents is 1. The maximum absolute atomic E-state index is 12.6. The highest BCUT2D eigenvalue weighted by Crippen LogP contribution is 2.30. The van der Waals surface area contributed by atoms with Crippen molar-refractivity contribution in [2.24, 2.45) is 0 Å². The minimum atomic E-state index is -4.26. The Morgan fingerprint density at radius 3 is 2.43 bits per heavy atom. The van der Waals surface area contributed by atoms with Crippen LogP contribution in [0.2, 0.25) is 0 Å². The number of alkyl halides is 3. The Balaban J connectivity index is 2.98. The Hall–Kier alpha value is -1.43. The van der Waals surface area contributed by atoms with Gasteiger partial charge in [-0.1, -0.05) is 19.9 Å². The molecule has 0 aromatic heterocycles. The van der Waals surface area contributed by atoms with Crippen LogP contribution in [0, 0.1) is 0 Å². The molecule has 1 unspecified atom stereocenters. The molecular formula is C15H23F3N2O. The average Bonchev–Trinajstić information content (AvgIpc) is 2.36. The van der Waals surface area contributed by atoms with Gasteiger partial charge in [-0.2, -0.15) is 13.2 Å². The van der Waals surface area contributed by atoms with Crippen LogP contribution < -0.4 is 10.2 Å². The second-order valence-corrected chi connectivity index (χ2v) is 5.06. The van der Waals surface area contributed by atoms with Gasteiger partial charge in [-0.25, -0.2) is 0 Å². The largest absolute Gasteiger partial charge is 0.508 e. The number of hydrogen-bond donors (Lipinski definition) is 2. The summed E-state index contributed by atoms with van der Waals surface area (Å²) in [5.41, 5.74) is 1.07. The molecule has 0 saturated heterocycles. The van der Waals surface area contributed by atoms with E-state index in [9.17, 15) is 18.3 Å². The van der Waals surface area contributed by atoms with Crippen LogP contribution in [-0.4, -0.2) is 30.9 Å². The van der Waals surface area contributed by atoms with E-state index in [0.29, 0.717) is 24.2 Å². The summed E-state index contributed by atoms with van der Waals surface area (Å²) >= 11 is 0. The van der Waals surface area contributed by atoms with Crippen molar-refractivity contribution in [3.8, 4) is 5.75 Å². The number of rotatable bonds is 7. The normalized spacial score (nSPS) is 13.2. The number of anilines is 1. The molecule has 0 aliphatic heterocycles.